The molecule has 0 aliphatic carbocycles. The lowest BCUT2D eigenvalue weighted by Crippen LogP contribution is -2.13. The number of anilines is 1. The lowest BCUT2D eigenvalue weighted by molar-refractivity contribution is 0.103. The highest BCUT2D eigenvalue weighted by Crippen LogP contribution is 2.29. The quantitative estimate of drug-likeness (QED) is 0.597. The van der Waals surface area contributed by atoms with Gasteiger partial charge in [-0.3, -0.25) is 4.79 Å². The fourth-order valence-electron chi connectivity index (χ4n) is 2.41. The molecule has 4 rings (SSSR count). The highest BCUT2D eigenvalue weighted by molar-refractivity contribution is 7.17. The maximum Gasteiger partial charge on any atom is 0.265 e. The van der Waals surface area contributed by atoms with Gasteiger partial charge in [0, 0.05) is 11.1 Å². The number of carbonyl (C=O) groups excluding carboxylic acids is 1. The summed E-state index contributed by atoms with van der Waals surface area (Å²) < 4.78 is 14.5. The van der Waals surface area contributed by atoms with E-state index in [0.717, 1.165) is 10.4 Å². The molecule has 0 aliphatic rings. The zero-order chi connectivity index (χ0) is 17.9. The van der Waals surface area contributed by atoms with Crippen LogP contribution in [0.2, 0.25) is 0 Å². The van der Waals surface area contributed by atoms with Crippen molar-refractivity contribution in [1.82, 2.24) is 19.7 Å². The van der Waals surface area contributed by atoms with Gasteiger partial charge in [0.1, 0.15) is 18.5 Å². The monoisotopic (exact) mass is 365 g/mol. The molecule has 0 atom stereocenters. The molecule has 0 fully saturated rings. The van der Waals surface area contributed by atoms with Crippen LogP contribution in [0.25, 0.3) is 16.3 Å². The van der Waals surface area contributed by atoms with Crippen LogP contribution in [0, 0.1) is 5.82 Å². The van der Waals surface area contributed by atoms with E-state index < -0.39 is 0 Å². The summed E-state index contributed by atoms with van der Waals surface area (Å²) in [5, 5.41) is 6.89. The van der Waals surface area contributed by atoms with Crippen LogP contribution in [0.5, 0.6) is 0 Å². The summed E-state index contributed by atoms with van der Waals surface area (Å²) in [6, 6.07) is 13.2. The first kappa shape index (κ1) is 16.1. The van der Waals surface area contributed by atoms with Crippen molar-refractivity contribution in [1.29, 1.82) is 0 Å². The average molecular weight is 365 g/mol. The third-order valence-corrected chi connectivity index (χ3v) is 4.76. The molecule has 0 bridgehead atoms. The molecule has 3 heterocycles. The third-order valence-electron chi connectivity index (χ3n) is 3.63. The van der Waals surface area contributed by atoms with Crippen LogP contribution in [0.1, 0.15) is 9.67 Å². The van der Waals surface area contributed by atoms with Gasteiger partial charge in [-0.1, -0.05) is 12.1 Å². The van der Waals surface area contributed by atoms with Crippen molar-refractivity contribution in [2.45, 2.75) is 0 Å². The highest BCUT2D eigenvalue weighted by atomic mass is 32.1. The van der Waals surface area contributed by atoms with Crippen LogP contribution < -0.4 is 5.32 Å². The van der Waals surface area contributed by atoms with E-state index in [1.807, 2.05) is 6.07 Å². The summed E-state index contributed by atoms with van der Waals surface area (Å²) in [7, 11) is 0. The molecule has 6 nitrogen and oxygen atoms in total. The Hall–Kier alpha value is -3.39. The fourth-order valence-corrected chi connectivity index (χ4v) is 3.31. The van der Waals surface area contributed by atoms with Gasteiger partial charge in [-0.25, -0.2) is 19.0 Å². The van der Waals surface area contributed by atoms with Gasteiger partial charge in [-0.15, -0.1) is 11.3 Å². The number of hydrogen-bond donors (Lipinski definition) is 1. The lowest BCUT2D eigenvalue weighted by atomic mass is 10.2. The van der Waals surface area contributed by atoms with Crippen LogP contribution in [0.4, 0.5) is 10.1 Å². The first-order chi connectivity index (χ1) is 12.7. The van der Waals surface area contributed by atoms with E-state index in [-0.39, 0.29) is 11.7 Å². The molecule has 1 amide bonds. The van der Waals surface area contributed by atoms with Crippen molar-refractivity contribution >= 4 is 22.9 Å². The standard InChI is InChI=1S/C18H12FN5OS/c19-13-5-3-12(4-6-13)15-7-8-16(26-15)18(25)23-14-2-1-9-21-17(14)24-11-20-10-22-24/h1-11H,(H,23,25). The van der Waals surface area contributed by atoms with Gasteiger partial charge in [0.2, 0.25) is 0 Å². The Bertz CT molecular complexity index is 1040. The normalized spacial score (nSPS) is 10.7. The topological polar surface area (TPSA) is 72.7 Å². The predicted octanol–water partition coefficient (Wildman–Crippen LogP) is 3.78. The number of halogens is 1. The van der Waals surface area contributed by atoms with Crippen molar-refractivity contribution in [3.63, 3.8) is 0 Å². The van der Waals surface area contributed by atoms with Crippen molar-refractivity contribution in [2.75, 3.05) is 5.32 Å². The van der Waals surface area contributed by atoms with Gasteiger partial charge in [0.05, 0.1) is 10.6 Å². The Kier molecular flexibility index (Phi) is 4.24. The summed E-state index contributed by atoms with van der Waals surface area (Å²) in [6.07, 6.45) is 4.52. The molecule has 3 aromatic heterocycles. The Morgan fingerprint density at radius 3 is 2.73 bits per heavy atom. The number of pyridine rings is 1. The molecule has 0 saturated carbocycles. The minimum atomic E-state index is -0.291. The van der Waals surface area contributed by atoms with Crippen LogP contribution >= 0.6 is 11.3 Å². The molecule has 1 aromatic carbocycles. The van der Waals surface area contributed by atoms with Crippen molar-refractivity contribution < 1.29 is 9.18 Å². The second-order valence-electron chi connectivity index (χ2n) is 5.34. The first-order valence-corrected chi connectivity index (χ1v) is 8.49. The number of nitrogens with one attached hydrogen (secondary N) is 1. The number of rotatable bonds is 4. The summed E-state index contributed by atoms with van der Waals surface area (Å²) in [5.41, 5.74) is 1.39. The van der Waals surface area contributed by atoms with Gasteiger partial charge in [0.25, 0.3) is 5.91 Å². The second-order valence-corrected chi connectivity index (χ2v) is 6.42. The maximum atomic E-state index is 13.1. The van der Waals surface area contributed by atoms with E-state index >= 15 is 0 Å². The van der Waals surface area contributed by atoms with Crippen LogP contribution in [-0.2, 0) is 0 Å². The number of nitrogens with zero attached hydrogens (tertiary/aromatic N) is 4. The first-order valence-electron chi connectivity index (χ1n) is 7.68. The number of aromatic nitrogens is 4. The molecule has 4 aromatic rings. The van der Waals surface area contributed by atoms with Crippen LogP contribution in [0.15, 0.2) is 67.4 Å². The van der Waals surface area contributed by atoms with E-state index in [4.69, 9.17) is 0 Å². The Labute approximate surface area is 152 Å². The molecule has 128 valence electrons. The average Bonchev–Trinajstić information content (AvgIpc) is 3.35. The molecule has 0 radical (unpaired) electrons. The van der Waals surface area contributed by atoms with E-state index in [1.54, 1.807) is 36.5 Å². The van der Waals surface area contributed by atoms with E-state index in [2.05, 4.69) is 20.4 Å². The molecule has 26 heavy (non-hydrogen) atoms. The molecule has 0 saturated heterocycles. The smallest absolute Gasteiger partial charge is 0.265 e. The largest absolute Gasteiger partial charge is 0.318 e. The maximum absolute atomic E-state index is 13.1. The minimum absolute atomic E-state index is 0.252. The predicted molar refractivity (Wildman–Crippen MR) is 96.8 cm³/mol. The summed E-state index contributed by atoms with van der Waals surface area (Å²) >= 11 is 1.33. The highest BCUT2D eigenvalue weighted by Gasteiger charge is 2.14. The van der Waals surface area contributed by atoms with Crippen LogP contribution in [-0.4, -0.2) is 25.7 Å². The Morgan fingerprint density at radius 1 is 1.12 bits per heavy atom. The molecule has 0 unspecified atom stereocenters. The number of thiophene rings is 1. The number of amides is 1. The zero-order valence-corrected chi connectivity index (χ0v) is 14.2. The number of carbonyl (C=O) groups is 1. The van der Waals surface area contributed by atoms with Crippen molar-refractivity contribution in [3.8, 4) is 16.3 Å². The van der Waals surface area contributed by atoms with Crippen LogP contribution in [0.3, 0.4) is 0 Å². The Balaban J connectivity index is 1.58. The lowest BCUT2D eigenvalue weighted by Gasteiger charge is -2.08. The van der Waals surface area contributed by atoms with E-state index in [0.29, 0.717) is 16.4 Å². The summed E-state index contributed by atoms with van der Waals surface area (Å²) in [6.45, 7) is 0. The van der Waals surface area contributed by atoms with E-state index in [9.17, 15) is 9.18 Å². The Morgan fingerprint density at radius 2 is 1.96 bits per heavy atom. The molecular weight excluding hydrogens is 353 g/mol. The number of benzene rings is 1. The molecule has 1 N–H and O–H groups in total. The minimum Gasteiger partial charge on any atom is -0.318 e. The summed E-state index contributed by atoms with van der Waals surface area (Å²) in [4.78, 5) is 22.2. The van der Waals surface area contributed by atoms with Gasteiger partial charge in [-0.05, 0) is 42.0 Å². The SMILES string of the molecule is O=C(Nc1cccnc1-n1cncn1)c1ccc(-c2ccc(F)cc2)s1. The molecule has 0 spiro atoms. The molecule has 0 aliphatic heterocycles. The third kappa shape index (κ3) is 3.22. The van der Waals surface area contributed by atoms with Crippen molar-refractivity contribution in [2.24, 2.45) is 0 Å². The zero-order valence-electron chi connectivity index (χ0n) is 13.3. The summed E-state index contributed by atoms with van der Waals surface area (Å²) in [5.74, 6) is -0.0631. The van der Waals surface area contributed by atoms with Gasteiger partial charge >= 0.3 is 0 Å². The van der Waals surface area contributed by atoms with Gasteiger partial charge in [-0.2, -0.15) is 5.10 Å². The second kappa shape index (κ2) is 6.85. The van der Waals surface area contributed by atoms with Gasteiger partial charge in [0.15, 0.2) is 5.82 Å². The molecular formula is C18H12FN5OS. The number of hydrogen-bond acceptors (Lipinski definition) is 5. The molecule has 8 heteroatoms. The van der Waals surface area contributed by atoms with Crippen molar-refractivity contribution in [3.05, 3.63) is 78.1 Å². The van der Waals surface area contributed by atoms with E-state index in [1.165, 1.54) is 40.8 Å². The fraction of sp³-hybridized carbons (Fsp3) is 0. The van der Waals surface area contributed by atoms with Gasteiger partial charge < -0.3 is 5.32 Å².